The molecule has 0 bridgehead atoms. The van der Waals surface area contributed by atoms with Gasteiger partial charge >= 0.3 is 0 Å². The SMILES string of the molecule is Cc1cccc(C[NH+]2CCN(C(=O)c3c(C)nn(Cc4ccccc4)c3Cl)CC2)c1. The van der Waals surface area contributed by atoms with E-state index in [-0.39, 0.29) is 5.91 Å². The van der Waals surface area contributed by atoms with Crippen molar-refractivity contribution < 1.29 is 9.69 Å². The Kier molecular flexibility index (Phi) is 6.21. The Morgan fingerprint density at radius 2 is 1.73 bits per heavy atom. The van der Waals surface area contributed by atoms with E-state index in [0.717, 1.165) is 38.3 Å². The van der Waals surface area contributed by atoms with Crippen LogP contribution in [-0.4, -0.2) is 46.8 Å². The molecule has 30 heavy (non-hydrogen) atoms. The summed E-state index contributed by atoms with van der Waals surface area (Å²) >= 11 is 6.59. The molecule has 5 nitrogen and oxygen atoms in total. The van der Waals surface area contributed by atoms with E-state index in [2.05, 4.69) is 36.3 Å². The van der Waals surface area contributed by atoms with Crippen LogP contribution in [0.5, 0.6) is 0 Å². The van der Waals surface area contributed by atoms with Crippen molar-refractivity contribution in [2.24, 2.45) is 0 Å². The standard InChI is InChI=1S/C24H27ClN4O/c1-18-7-6-10-21(15-18)16-27-11-13-28(14-12-27)24(30)22-19(2)26-29(23(22)25)17-20-8-4-3-5-9-20/h3-10,15H,11-14,16-17H2,1-2H3/p+1. The molecule has 0 atom stereocenters. The molecule has 2 aromatic carbocycles. The molecule has 156 valence electrons. The molecule has 1 fully saturated rings. The molecule has 1 aliphatic heterocycles. The minimum atomic E-state index is -0.00795. The van der Waals surface area contributed by atoms with Crippen molar-refractivity contribution in [3.05, 3.63) is 87.7 Å². The second-order valence-corrected chi connectivity index (χ2v) is 8.46. The Labute approximate surface area is 182 Å². The average Bonchev–Trinajstić information content (AvgIpc) is 3.02. The Balaban J connectivity index is 1.40. The van der Waals surface area contributed by atoms with E-state index in [4.69, 9.17) is 11.6 Å². The molecular formula is C24H28ClN4O+. The summed E-state index contributed by atoms with van der Waals surface area (Å²) in [5.41, 5.74) is 4.98. The zero-order valence-electron chi connectivity index (χ0n) is 17.6. The quantitative estimate of drug-likeness (QED) is 0.685. The van der Waals surface area contributed by atoms with Crippen molar-refractivity contribution >= 4 is 17.5 Å². The lowest BCUT2D eigenvalue weighted by Crippen LogP contribution is -3.13. The van der Waals surface area contributed by atoms with E-state index in [0.29, 0.717) is 23.0 Å². The monoisotopic (exact) mass is 423 g/mol. The van der Waals surface area contributed by atoms with E-state index in [9.17, 15) is 4.79 Å². The summed E-state index contributed by atoms with van der Waals surface area (Å²) in [6, 6.07) is 18.7. The second-order valence-electron chi connectivity index (χ2n) is 8.10. The van der Waals surface area contributed by atoms with Crippen LogP contribution in [-0.2, 0) is 13.1 Å². The number of piperazine rings is 1. The largest absolute Gasteiger partial charge is 0.328 e. The van der Waals surface area contributed by atoms with Crippen molar-refractivity contribution in [3.63, 3.8) is 0 Å². The summed E-state index contributed by atoms with van der Waals surface area (Å²) in [7, 11) is 0. The average molecular weight is 424 g/mol. The summed E-state index contributed by atoms with van der Waals surface area (Å²) in [4.78, 5) is 16.6. The highest BCUT2D eigenvalue weighted by molar-refractivity contribution is 6.33. The molecular weight excluding hydrogens is 396 g/mol. The van der Waals surface area contributed by atoms with Gasteiger partial charge in [0.05, 0.1) is 44.0 Å². The fourth-order valence-corrected chi connectivity index (χ4v) is 4.44. The first-order valence-corrected chi connectivity index (χ1v) is 10.8. The van der Waals surface area contributed by atoms with Gasteiger partial charge in [-0.3, -0.25) is 4.79 Å². The smallest absolute Gasteiger partial charge is 0.259 e. The molecule has 1 aliphatic rings. The number of nitrogens with one attached hydrogen (secondary N) is 1. The lowest BCUT2D eigenvalue weighted by atomic mass is 10.1. The van der Waals surface area contributed by atoms with Gasteiger partial charge in [-0.2, -0.15) is 5.10 Å². The van der Waals surface area contributed by atoms with Gasteiger partial charge in [-0.15, -0.1) is 0 Å². The number of benzene rings is 2. The number of halogens is 1. The van der Waals surface area contributed by atoms with Gasteiger partial charge in [0.2, 0.25) is 0 Å². The highest BCUT2D eigenvalue weighted by Crippen LogP contribution is 2.23. The van der Waals surface area contributed by atoms with Crippen LogP contribution in [0.25, 0.3) is 0 Å². The topological polar surface area (TPSA) is 42.6 Å². The van der Waals surface area contributed by atoms with Crippen LogP contribution in [0.3, 0.4) is 0 Å². The van der Waals surface area contributed by atoms with E-state index in [1.54, 1.807) is 4.68 Å². The number of carbonyl (C=O) groups excluding carboxylic acids is 1. The number of carbonyl (C=O) groups is 1. The number of rotatable bonds is 5. The van der Waals surface area contributed by atoms with Crippen LogP contribution in [0.2, 0.25) is 5.15 Å². The van der Waals surface area contributed by atoms with Crippen LogP contribution in [0.1, 0.15) is 32.7 Å². The predicted molar refractivity (Wildman–Crippen MR) is 119 cm³/mol. The number of aryl methyl sites for hydroxylation is 2. The zero-order valence-corrected chi connectivity index (χ0v) is 18.3. The molecule has 4 rings (SSSR count). The van der Waals surface area contributed by atoms with E-state index in [1.807, 2.05) is 42.2 Å². The van der Waals surface area contributed by atoms with Gasteiger partial charge in [-0.1, -0.05) is 71.8 Å². The molecule has 1 saturated heterocycles. The predicted octanol–water partition coefficient (Wildman–Crippen LogP) is 2.74. The van der Waals surface area contributed by atoms with Gasteiger partial charge in [0.25, 0.3) is 5.91 Å². The highest BCUT2D eigenvalue weighted by Gasteiger charge is 2.29. The minimum Gasteiger partial charge on any atom is -0.328 e. The van der Waals surface area contributed by atoms with Gasteiger partial charge in [-0.05, 0) is 19.4 Å². The third kappa shape index (κ3) is 4.58. The van der Waals surface area contributed by atoms with Gasteiger partial charge in [0, 0.05) is 5.56 Å². The van der Waals surface area contributed by atoms with E-state index < -0.39 is 0 Å². The molecule has 0 unspecified atom stereocenters. The number of nitrogens with zero attached hydrogens (tertiary/aromatic N) is 3. The van der Waals surface area contributed by atoms with Crippen LogP contribution in [0.15, 0.2) is 54.6 Å². The van der Waals surface area contributed by atoms with Gasteiger partial charge < -0.3 is 9.80 Å². The first kappa shape index (κ1) is 20.6. The van der Waals surface area contributed by atoms with Crippen molar-refractivity contribution in [3.8, 4) is 0 Å². The Morgan fingerprint density at radius 3 is 2.43 bits per heavy atom. The Hall–Kier alpha value is -2.63. The van der Waals surface area contributed by atoms with E-state index in [1.165, 1.54) is 16.0 Å². The first-order chi connectivity index (χ1) is 14.5. The highest BCUT2D eigenvalue weighted by atomic mass is 35.5. The van der Waals surface area contributed by atoms with Crippen LogP contribution >= 0.6 is 11.6 Å². The van der Waals surface area contributed by atoms with Crippen LogP contribution in [0, 0.1) is 13.8 Å². The normalized spacial score (nSPS) is 14.8. The number of hydrogen-bond acceptors (Lipinski definition) is 2. The van der Waals surface area contributed by atoms with Crippen molar-refractivity contribution in [1.29, 1.82) is 0 Å². The van der Waals surface area contributed by atoms with Gasteiger partial charge in [0.15, 0.2) is 0 Å². The first-order valence-electron chi connectivity index (χ1n) is 10.5. The zero-order chi connectivity index (χ0) is 21.1. The van der Waals surface area contributed by atoms with Crippen LogP contribution in [0.4, 0.5) is 0 Å². The van der Waals surface area contributed by atoms with Crippen molar-refractivity contribution in [1.82, 2.24) is 14.7 Å². The van der Waals surface area contributed by atoms with Gasteiger partial charge in [0.1, 0.15) is 11.7 Å². The summed E-state index contributed by atoms with van der Waals surface area (Å²) in [6.07, 6.45) is 0. The number of hydrogen-bond donors (Lipinski definition) is 1. The second kappa shape index (κ2) is 9.02. The number of quaternary nitrogens is 1. The summed E-state index contributed by atoms with van der Waals surface area (Å²) in [5.74, 6) is -0.00795. The summed E-state index contributed by atoms with van der Waals surface area (Å²) < 4.78 is 1.72. The molecule has 6 heteroatoms. The summed E-state index contributed by atoms with van der Waals surface area (Å²) in [6.45, 7) is 8.89. The van der Waals surface area contributed by atoms with E-state index >= 15 is 0 Å². The molecule has 0 aliphatic carbocycles. The molecule has 2 heterocycles. The van der Waals surface area contributed by atoms with Gasteiger partial charge in [-0.25, -0.2) is 4.68 Å². The molecule has 1 aromatic heterocycles. The van der Waals surface area contributed by atoms with Crippen molar-refractivity contribution in [2.75, 3.05) is 26.2 Å². The maximum atomic E-state index is 13.2. The maximum absolute atomic E-state index is 13.2. The Bertz CT molecular complexity index is 1020. The molecule has 0 spiro atoms. The molecule has 1 N–H and O–H groups in total. The summed E-state index contributed by atoms with van der Waals surface area (Å²) in [5, 5.41) is 4.96. The fourth-order valence-electron chi connectivity index (χ4n) is 4.13. The Morgan fingerprint density at radius 1 is 1.03 bits per heavy atom. The lowest BCUT2D eigenvalue weighted by Gasteiger charge is -2.32. The molecule has 0 radical (unpaired) electrons. The van der Waals surface area contributed by atoms with Crippen molar-refractivity contribution in [2.45, 2.75) is 26.9 Å². The maximum Gasteiger partial charge on any atom is 0.259 e. The molecule has 3 aromatic rings. The fraction of sp³-hybridized carbons (Fsp3) is 0.333. The van der Waals surface area contributed by atoms with Crippen LogP contribution < -0.4 is 4.90 Å². The number of amides is 1. The molecule has 1 amide bonds. The molecule has 0 saturated carbocycles. The lowest BCUT2D eigenvalue weighted by molar-refractivity contribution is -0.917. The number of aromatic nitrogens is 2. The third-order valence-electron chi connectivity index (χ3n) is 5.75. The third-order valence-corrected chi connectivity index (χ3v) is 6.13. The minimum absolute atomic E-state index is 0.00795.